The van der Waals surface area contributed by atoms with E-state index in [9.17, 15) is 0 Å². The lowest BCUT2D eigenvalue weighted by Crippen LogP contribution is -2.11. The summed E-state index contributed by atoms with van der Waals surface area (Å²) in [7, 11) is 0. The van der Waals surface area contributed by atoms with Crippen LogP contribution in [0.1, 0.15) is 26.3 Å². The topological polar surface area (TPSA) is 21.1 Å². The molecule has 0 atom stereocenters. The highest BCUT2D eigenvalue weighted by Gasteiger charge is 2.24. The van der Waals surface area contributed by atoms with Crippen molar-refractivity contribution in [3.05, 3.63) is 260 Å². The third-order valence-corrected chi connectivity index (χ3v) is 16.8. The number of benzene rings is 15. The lowest BCUT2D eigenvalue weighted by Gasteiger charge is -2.25. The highest BCUT2D eigenvalue weighted by Crippen LogP contribution is 2.47. The monoisotopic (exact) mass is 993 g/mol. The lowest BCUT2D eigenvalue weighted by atomic mass is 9.87. The van der Waals surface area contributed by atoms with Gasteiger partial charge in [-0.15, -0.1) is 0 Å². The molecule has 0 amide bonds. The number of para-hydroxylation sites is 2. The summed E-state index contributed by atoms with van der Waals surface area (Å²) in [6, 6.07) is 94.6. The number of hydrogen-bond acceptors (Lipinski definition) is 2. The van der Waals surface area contributed by atoms with Gasteiger partial charge in [-0.1, -0.05) is 203 Å². The van der Waals surface area contributed by atoms with Crippen molar-refractivity contribution in [2.24, 2.45) is 0 Å². The molecular weight excluding hydrogens is 943 g/mol. The highest BCUT2D eigenvalue weighted by atomic mass is 15.1. The Morgan fingerprint density at radius 3 is 1.27 bits per heavy atom. The van der Waals surface area contributed by atoms with E-state index in [0.717, 1.165) is 55.9 Å². The van der Waals surface area contributed by atoms with Crippen LogP contribution in [0.3, 0.4) is 0 Å². The fourth-order valence-corrected chi connectivity index (χ4v) is 13.0. The van der Waals surface area contributed by atoms with Crippen LogP contribution in [0.15, 0.2) is 255 Å². The van der Waals surface area contributed by atoms with Gasteiger partial charge in [0.15, 0.2) is 0 Å². The summed E-state index contributed by atoms with van der Waals surface area (Å²) in [6.45, 7) is 6.85. The predicted octanol–water partition coefficient (Wildman–Crippen LogP) is 20.9. The van der Waals surface area contributed by atoms with Gasteiger partial charge in [0.05, 0.1) is 11.0 Å². The van der Waals surface area contributed by atoms with Crippen molar-refractivity contribution in [1.82, 2.24) is 9.55 Å². The van der Waals surface area contributed by atoms with Gasteiger partial charge in [0.1, 0.15) is 5.82 Å². The molecule has 366 valence electrons. The smallest absolute Gasteiger partial charge is 0.145 e. The maximum atomic E-state index is 5.83. The van der Waals surface area contributed by atoms with Crippen LogP contribution >= 0.6 is 0 Å². The molecular formula is C75H51N3. The normalized spacial score (nSPS) is 12.3. The summed E-state index contributed by atoms with van der Waals surface area (Å²) in [5.41, 5.74) is 13.6. The van der Waals surface area contributed by atoms with Crippen LogP contribution in [-0.4, -0.2) is 9.55 Å². The van der Waals surface area contributed by atoms with Gasteiger partial charge in [0.25, 0.3) is 0 Å². The maximum absolute atomic E-state index is 5.83. The van der Waals surface area contributed by atoms with E-state index in [1.807, 2.05) is 0 Å². The standard InChI is InChI=1S/C75H51N3/c1-75(2,3)55-32-36-59(37-33-55)78-73-65-43-31-54(61-39-27-51-23-21-47-13-11-15-49-29-41-63(61)71(51)69(47)49)45-67(65)66-44-53(60-38-26-50-22-20-46-12-10-14-48-28-40-62(60)70(50)68(46)48)30-42-64(66)72(73)76-74(78)52-24-34-58(35-25-52)77(56-16-6-4-7-17-56)57-18-8-5-9-19-57/h4-45H,1-3H3. The summed E-state index contributed by atoms with van der Waals surface area (Å²) < 4.78 is 2.43. The molecule has 0 fully saturated rings. The number of imidazole rings is 1. The summed E-state index contributed by atoms with van der Waals surface area (Å²) in [5, 5.41) is 20.1. The molecule has 78 heavy (non-hydrogen) atoms. The summed E-state index contributed by atoms with van der Waals surface area (Å²) in [6.07, 6.45) is 0. The van der Waals surface area contributed by atoms with Crippen LogP contribution in [0.2, 0.25) is 0 Å². The first-order chi connectivity index (χ1) is 38.3. The summed E-state index contributed by atoms with van der Waals surface area (Å²) in [4.78, 5) is 8.14. The minimum absolute atomic E-state index is 0.00553. The molecule has 3 nitrogen and oxygen atoms in total. The van der Waals surface area contributed by atoms with E-state index in [2.05, 4.69) is 285 Å². The van der Waals surface area contributed by atoms with Gasteiger partial charge in [-0.3, -0.25) is 4.57 Å². The fraction of sp³-hybridized carbons (Fsp3) is 0.0533. The van der Waals surface area contributed by atoms with E-state index in [1.54, 1.807) is 0 Å². The first-order valence-electron chi connectivity index (χ1n) is 27.2. The van der Waals surface area contributed by atoms with Gasteiger partial charge in [-0.25, -0.2) is 4.98 Å². The Morgan fingerprint density at radius 1 is 0.333 bits per heavy atom. The Morgan fingerprint density at radius 2 is 0.756 bits per heavy atom. The van der Waals surface area contributed by atoms with Crippen LogP contribution in [0.25, 0.3) is 137 Å². The average molecular weight is 994 g/mol. The van der Waals surface area contributed by atoms with Gasteiger partial charge in [0.2, 0.25) is 0 Å². The van der Waals surface area contributed by atoms with E-state index >= 15 is 0 Å². The van der Waals surface area contributed by atoms with Gasteiger partial charge in [-0.2, -0.15) is 0 Å². The highest BCUT2D eigenvalue weighted by molar-refractivity contribution is 6.29. The van der Waals surface area contributed by atoms with Gasteiger partial charge in [0, 0.05) is 39.1 Å². The van der Waals surface area contributed by atoms with Crippen LogP contribution in [0.4, 0.5) is 17.1 Å². The first-order valence-corrected chi connectivity index (χ1v) is 27.2. The zero-order chi connectivity index (χ0) is 51.8. The molecule has 0 aliphatic carbocycles. The molecule has 0 unspecified atom stereocenters. The molecule has 3 heteroatoms. The Balaban J connectivity index is 0.972. The minimum Gasteiger partial charge on any atom is -0.311 e. The van der Waals surface area contributed by atoms with Crippen molar-refractivity contribution in [2.75, 3.05) is 4.90 Å². The fourth-order valence-electron chi connectivity index (χ4n) is 13.0. The third-order valence-electron chi connectivity index (χ3n) is 16.8. The Bertz CT molecular complexity index is 4960. The summed E-state index contributed by atoms with van der Waals surface area (Å²) >= 11 is 0. The number of nitrogens with zero attached hydrogens (tertiary/aromatic N) is 3. The van der Waals surface area contributed by atoms with Crippen LogP contribution in [-0.2, 0) is 5.41 Å². The summed E-state index contributed by atoms with van der Waals surface area (Å²) in [5.74, 6) is 0.895. The zero-order valence-corrected chi connectivity index (χ0v) is 43.6. The molecule has 0 bridgehead atoms. The Labute approximate surface area is 452 Å². The van der Waals surface area contributed by atoms with Crippen LogP contribution in [0, 0.1) is 0 Å². The molecule has 16 rings (SSSR count). The number of rotatable bonds is 7. The second-order valence-electron chi connectivity index (χ2n) is 22.3. The second-order valence-corrected chi connectivity index (χ2v) is 22.3. The van der Waals surface area contributed by atoms with Crippen molar-refractivity contribution in [1.29, 1.82) is 0 Å². The quantitative estimate of drug-likeness (QED) is 0.148. The van der Waals surface area contributed by atoms with E-state index in [0.29, 0.717) is 0 Å². The molecule has 0 saturated heterocycles. The van der Waals surface area contributed by atoms with Gasteiger partial charge in [-0.05, 0) is 181 Å². The van der Waals surface area contributed by atoms with Crippen LogP contribution < -0.4 is 4.90 Å². The molecule has 0 aliphatic heterocycles. The molecule has 1 heterocycles. The number of hydrogen-bond donors (Lipinski definition) is 0. The van der Waals surface area contributed by atoms with Crippen molar-refractivity contribution in [2.45, 2.75) is 26.2 Å². The van der Waals surface area contributed by atoms with Crippen molar-refractivity contribution < 1.29 is 0 Å². The average Bonchev–Trinajstić information content (AvgIpc) is 4.00. The Hall–Kier alpha value is -9.83. The molecule has 0 aliphatic rings. The largest absolute Gasteiger partial charge is 0.311 e. The van der Waals surface area contributed by atoms with E-state index in [-0.39, 0.29) is 5.41 Å². The molecule has 1 aromatic heterocycles. The molecule has 0 spiro atoms. The third kappa shape index (κ3) is 6.74. The van der Waals surface area contributed by atoms with E-state index < -0.39 is 0 Å². The van der Waals surface area contributed by atoms with Crippen molar-refractivity contribution in [3.63, 3.8) is 0 Å². The molecule has 0 N–H and O–H groups in total. The van der Waals surface area contributed by atoms with Gasteiger partial charge < -0.3 is 4.90 Å². The van der Waals surface area contributed by atoms with Crippen molar-refractivity contribution >= 4 is 114 Å². The first kappa shape index (κ1) is 44.5. The molecule has 15 aromatic carbocycles. The molecule has 0 radical (unpaired) electrons. The maximum Gasteiger partial charge on any atom is 0.145 e. The van der Waals surface area contributed by atoms with E-state index in [4.69, 9.17) is 4.98 Å². The van der Waals surface area contributed by atoms with Crippen LogP contribution in [0.5, 0.6) is 0 Å². The number of fused-ring (bicyclic) bond motifs is 6. The lowest BCUT2D eigenvalue weighted by molar-refractivity contribution is 0.590. The minimum atomic E-state index is -0.00553. The van der Waals surface area contributed by atoms with E-state index in [1.165, 1.54) is 103 Å². The van der Waals surface area contributed by atoms with Crippen molar-refractivity contribution in [3.8, 4) is 39.3 Å². The predicted molar refractivity (Wildman–Crippen MR) is 333 cm³/mol. The number of anilines is 3. The number of aromatic nitrogens is 2. The second kappa shape index (κ2) is 16.8. The molecule has 16 aromatic rings. The van der Waals surface area contributed by atoms with Gasteiger partial charge >= 0.3 is 0 Å². The zero-order valence-electron chi connectivity index (χ0n) is 43.6. The Kier molecular flexibility index (Phi) is 9.60. The molecule has 0 saturated carbocycles. The SMILES string of the molecule is CC(C)(C)c1ccc(-n2c(-c3ccc(N(c4ccccc4)c4ccccc4)cc3)nc3c4ccc(-c5ccc6ccc7cccc8ccc5c6c78)cc4c4cc(-c5ccc6ccc7cccc8ccc5c6c78)ccc4c32)cc1.